The quantitative estimate of drug-likeness (QED) is 0.641. The molecule has 162 valence electrons. The van der Waals surface area contributed by atoms with Gasteiger partial charge in [0.15, 0.2) is 0 Å². The summed E-state index contributed by atoms with van der Waals surface area (Å²) in [5.74, 6) is -3.17. The fourth-order valence-corrected chi connectivity index (χ4v) is 5.09. The minimum atomic E-state index is -3.91. The summed E-state index contributed by atoms with van der Waals surface area (Å²) in [6.45, 7) is 0.945. The average molecular weight is 459 g/mol. The van der Waals surface area contributed by atoms with Gasteiger partial charge in [-0.25, -0.2) is 8.42 Å². The Morgan fingerprint density at radius 1 is 1.20 bits per heavy atom. The van der Waals surface area contributed by atoms with E-state index < -0.39 is 21.7 Å². The van der Waals surface area contributed by atoms with Gasteiger partial charge < -0.3 is 14.8 Å². The molecule has 0 unspecified atom stereocenters. The van der Waals surface area contributed by atoms with Crippen LogP contribution in [0.1, 0.15) is 10.4 Å². The maximum absolute atomic E-state index is 13.0. The fraction of sp³-hybridized carbons (Fsp3) is 0.316. The Morgan fingerprint density at radius 2 is 1.90 bits per heavy atom. The van der Waals surface area contributed by atoms with Crippen LogP contribution >= 0.6 is 11.8 Å². The monoisotopic (exact) mass is 458 g/mol. The number of ether oxygens (including phenoxy) is 2. The molecule has 2 aromatic carbocycles. The highest BCUT2D eigenvalue weighted by Crippen LogP contribution is 2.33. The molecule has 0 spiro atoms. The van der Waals surface area contributed by atoms with Crippen molar-refractivity contribution in [2.24, 2.45) is 0 Å². The number of methoxy groups -OCH3 is 1. The molecule has 7 nitrogen and oxygen atoms in total. The summed E-state index contributed by atoms with van der Waals surface area (Å²) in [4.78, 5) is 12.8. The van der Waals surface area contributed by atoms with Crippen LogP contribution in [0.25, 0.3) is 0 Å². The highest BCUT2D eigenvalue weighted by molar-refractivity contribution is 7.99. The van der Waals surface area contributed by atoms with Crippen LogP contribution in [-0.4, -0.2) is 57.8 Å². The topological polar surface area (TPSA) is 84.9 Å². The minimum absolute atomic E-state index is 0.0551. The van der Waals surface area contributed by atoms with Crippen LogP contribution in [0.3, 0.4) is 0 Å². The van der Waals surface area contributed by atoms with Crippen molar-refractivity contribution in [1.29, 1.82) is 0 Å². The molecule has 2 aromatic rings. The number of para-hydroxylation sites is 1. The molecule has 1 heterocycles. The van der Waals surface area contributed by atoms with Gasteiger partial charge in [-0.3, -0.25) is 4.79 Å². The Kier molecular flexibility index (Phi) is 7.29. The molecule has 0 radical (unpaired) electrons. The zero-order chi connectivity index (χ0) is 21.7. The number of sulfonamides is 1. The van der Waals surface area contributed by atoms with Gasteiger partial charge in [-0.15, -0.1) is 0 Å². The van der Waals surface area contributed by atoms with Crippen LogP contribution in [0.15, 0.2) is 52.3 Å². The van der Waals surface area contributed by atoms with Crippen LogP contribution in [0, 0.1) is 0 Å². The van der Waals surface area contributed by atoms with Crippen molar-refractivity contribution in [3.63, 3.8) is 0 Å². The number of benzene rings is 2. The van der Waals surface area contributed by atoms with Crippen molar-refractivity contribution >= 4 is 33.4 Å². The van der Waals surface area contributed by atoms with Crippen LogP contribution in [-0.2, 0) is 14.8 Å². The summed E-state index contributed by atoms with van der Waals surface area (Å²) in [6, 6.07) is 10.2. The molecule has 1 fully saturated rings. The molecular formula is C19H20F2N2O5S2. The number of nitrogens with zero attached hydrogens (tertiary/aromatic N) is 1. The van der Waals surface area contributed by atoms with E-state index in [9.17, 15) is 22.0 Å². The predicted octanol–water partition coefficient (Wildman–Crippen LogP) is 3.28. The number of carbonyl (C=O) groups excluding carboxylic acids is 1. The lowest BCUT2D eigenvalue weighted by Gasteiger charge is -2.26. The third-order valence-electron chi connectivity index (χ3n) is 4.37. The Bertz CT molecular complexity index is 1010. The Morgan fingerprint density at radius 3 is 2.57 bits per heavy atom. The average Bonchev–Trinajstić information content (AvgIpc) is 2.75. The number of carbonyl (C=O) groups is 1. The van der Waals surface area contributed by atoms with E-state index in [2.05, 4.69) is 5.32 Å². The number of amides is 1. The first-order valence-electron chi connectivity index (χ1n) is 8.94. The van der Waals surface area contributed by atoms with Gasteiger partial charge in [-0.05, 0) is 30.3 Å². The zero-order valence-corrected chi connectivity index (χ0v) is 17.6. The number of halogens is 2. The van der Waals surface area contributed by atoms with Crippen LogP contribution in [0.5, 0.6) is 5.75 Å². The molecule has 1 amide bonds. The van der Waals surface area contributed by atoms with Crippen LogP contribution < -0.4 is 10.1 Å². The summed E-state index contributed by atoms with van der Waals surface area (Å²) >= 11 is 0.312. The first kappa shape index (κ1) is 22.5. The van der Waals surface area contributed by atoms with E-state index in [1.807, 2.05) is 0 Å². The molecule has 0 aliphatic carbocycles. The van der Waals surface area contributed by atoms with Crippen molar-refractivity contribution in [3.8, 4) is 5.75 Å². The van der Waals surface area contributed by atoms with Gasteiger partial charge >= 0.3 is 0 Å². The summed E-state index contributed by atoms with van der Waals surface area (Å²) < 4.78 is 63.3. The highest BCUT2D eigenvalue weighted by atomic mass is 32.2. The second-order valence-corrected chi connectivity index (χ2v) is 9.15. The van der Waals surface area contributed by atoms with Crippen molar-refractivity contribution in [1.82, 2.24) is 4.31 Å². The largest absolute Gasteiger partial charge is 0.495 e. The smallest absolute Gasteiger partial charge is 0.288 e. The molecule has 1 aliphatic heterocycles. The van der Waals surface area contributed by atoms with Gasteiger partial charge in [0.05, 0.1) is 26.0 Å². The first-order chi connectivity index (χ1) is 14.3. The lowest BCUT2D eigenvalue weighted by molar-refractivity contribution is 0.0729. The number of alkyl halides is 2. The molecule has 30 heavy (non-hydrogen) atoms. The molecule has 0 atom stereocenters. The minimum Gasteiger partial charge on any atom is -0.495 e. The second kappa shape index (κ2) is 9.73. The van der Waals surface area contributed by atoms with E-state index in [1.165, 1.54) is 41.7 Å². The normalized spacial score (nSPS) is 15.2. The summed E-state index contributed by atoms with van der Waals surface area (Å²) in [5.41, 5.74) is 0.265. The van der Waals surface area contributed by atoms with E-state index >= 15 is 0 Å². The molecule has 1 N–H and O–H groups in total. The summed E-state index contributed by atoms with van der Waals surface area (Å²) in [5, 5.41) is 2.57. The summed E-state index contributed by atoms with van der Waals surface area (Å²) in [7, 11) is -2.57. The van der Waals surface area contributed by atoms with Gasteiger partial charge in [0.1, 0.15) is 10.6 Å². The standard InChI is InChI=1S/C19H20F2N2O5S2/c1-27-15-7-6-13(12-17(15)30(25,26)23-8-10-28-11-9-23)18(24)22-14-4-2-3-5-16(14)29-19(20)21/h2-7,12,19H,8-11H2,1H3,(H,22,24). The van der Waals surface area contributed by atoms with Gasteiger partial charge in [0, 0.05) is 23.5 Å². The predicted molar refractivity (Wildman–Crippen MR) is 109 cm³/mol. The van der Waals surface area contributed by atoms with Gasteiger partial charge in [-0.2, -0.15) is 13.1 Å². The number of thioether (sulfide) groups is 1. The van der Waals surface area contributed by atoms with E-state index in [0.717, 1.165) is 0 Å². The Labute approximate surface area is 177 Å². The number of morpholine rings is 1. The Balaban J connectivity index is 1.91. The van der Waals surface area contributed by atoms with E-state index in [-0.39, 0.29) is 53.1 Å². The van der Waals surface area contributed by atoms with Crippen molar-refractivity contribution in [3.05, 3.63) is 48.0 Å². The molecule has 1 aliphatic rings. The maximum Gasteiger partial charge on any atom is 0.288 e. The van der Waals surface area contributed by atoms with Crippen molar-refractivity contribution in [2.75, 3.05) is 38.7 Å². The fourth-order valence-electron chi connectivity index (χ4n) is 2.91. The molecule has 1 saturated heterocycles. The number of hydrogen-bond acceptors (Lipinski definition) is 6. The Hall–Kier alpha value is -2.21. The number of hydrogen-bond donors (Lipinski definition) is 1. The first-order valence-corrected chi connectivity index (χ1v) is 11.3. The highest BCUT2D eigenvalue weighted by Gasteiger charge is 2.30. The lowest BCUT2D eigenvalue weighted by Crippen LogP contribution is -2.40. The molecule has 0 saturated carbocycles. The lowest BCUT2D eigenvalue weighted by atomic mass is 10.2. The molecule has 0 aromatic heterocycles. The number of rotatable bonds is 7. The van der Waals surface area contributed by atoms with Crippen LogP contribution in [0.2, 0.25) is 0 Å². The number of anilines is 1. The van der Waals surface area contributed by atoms with Gasteiger partial charge in [0.25, 0.3) is 11.7 Å². The third-order valence-corrected chi connectivity index (χ3v) is 7.07. The number of nitrogens with one attached hydrogen (secondary N) is 1. The van der Waals surface area contributed by atoms with E-state index in [4.69, 9.17) is 9.47 Å². The second-order valence-electron chi connectivity index (χ2n) is 6.21. The van der Waals surface area contributed by atoms with E-state index in [1.54, 1.807) is 12.1 Å². The molecule has 0 bridgehead atoms. The van der Waals surface area contributed by atoms with E-state index in [0.29, 0.717) is 11.8 Å². The van der Waals surface area contributed by atoms with Crippen LogP contribution in [0.4, 0.5) is 14.5 Å². The SMILES string of the molecule is COc1ccc(C(=O)Nc2ccccc2SC(F)F)cc1S(=O)(=O)N1CCOCC1. The summed E-state index contributed by atoms with van der Waals surface area (Å²) in [6.07, 6.45) is 0. The molecule has 3 rings (SSSR count). The van der Waals surface area contributed by atoms with Gasteiger partial charge in [-0.1, -0.05) is 23.9 Å². The van der Waals surface area contributed by atoms with Gasteiger partial charge in [0.2, 0.25) is 10.0 Å². The van der Waals surface area contributed by atoms with Crippen molar-refractivity contribution < 1.29 is 31.5 Å². The zero-order valence-electron chi connectivity index (χ0n) is 16.0. The third kappa shape index (κ3) is 5.09. The maximum atomic E-state index is 13.0. The molecular weight excluding hydrogens is 438 g/mol. The molecule has 11 heteroatoms. The van der Waals surface area contributed by atoms with Crippen molar-refractivity contribution in [2.45, 2.75) is 15.5 Å².